The highest BCUT2D eigenvalue weighted by Crippen LogP contribution is 2.46. The van der Waals surface area contributed by atoms with E-state index in [1.54, 1.807) is 31.3 Å². The van der Waals surface area contributed by atoms with Gasteiger partial charge in [-0.3, -0.25) is 0 Å². The van der Waals surface area contributed by atoms with Crippen LogP contribution in [0, 0.1) is 0 Å². The fourth-order valence-electron chi connectivity index (χ4n) is 4.38. The maximum absolute atomic E-state index is 2.37. The molecule has 0 aliphatic rings. The molecule has 0 radical (unpaired) electrons. The van der Waals surface area contributed by atoms with Gasteiger partial charge in [0.2, 0.25) is 0 Å². The molecule has 2 heterocycles. The molecule has 0 fully saturated rings. The van der Waals surface area contributed by atoms with Crippen LogP contribution in [0.25, 0.3) is 29.6 Å². The van der Waals surface area contributed by atoms with Crippen molar-refractivity contribution in [3.63, 3.8) is 0 Å². The normalized spacial score (nSPS) is 11.9. The van der Waals surface area contributed by atoms with Crippen LogP contribution in [0.15, 0.2) is 36.4 Å². The summed E-state index contributed by atoms with van der Waals surface area (Å²) in [6, 6.07) is 13.9. The van der Waals surface area contributed by atoms with Gasteiger partial charge in [-0.15, -0.1) is 22.7 Å². The number of hydrogen-bond acceptors (Lipinski definition) is 2. The molecule has 4 aromatic rings. The van der Waals surface area contributed by atoms with E-state index in [0.717, 1.165) is 0 Å². The van der Waals surface area contributed by atoms with E-state index in [-0.39, 0.29) is 0 Å². The van der Waals surface area contributed by atoms with Crippen LogP contribution in [0.5, 0.6) is 0 Å². The van der Waals surface area contributed by atoms with Crippen molar-refractivity contribution in [3.05, 3.63) is 47.5 Å². The minimum absolute atomic E-state index is 1.22. The Balaban J connectivity index is 1.73. The minimum Gasteiger partial charge on any atom is -0.134 e. The Morgan fingerprint density at radius 2 is 1.04 bits per heavy atom. The fraction of sp³-hybridized carbons (Fsp3) is 0.462. The van der Waals surface area contributed by atoms with Crippen LogP contribution in [0.1, 0.15) is 76.3 Å². The number of benzene rings is 2. The van der Waals surface area contributed by atoms with Gasteiger partial charge < -0.3 is 0 Å². The smallest absolute Gasteiger partial charge is 0.0544 e. The predicted molar refractivity (Wildman–Crippen MR) is 130 cm³/mol. The fourth-order valence-corrected chi connectivity index (χ4v) is 7.24. The molecule has 2 heteroatoms. The lowest BCUT2D eigenvalue weighted by molar-refractivity contribution is 0.668. The van der Waals surface area contributed by atoms with Gasteiger partial charge in [-0.25, -0.2) is 0 Å². The zero-order valence-corrected chi connectivity index (χ0v) is 19.0. The summed E-state index contributed by atoms with van der Waals surface area (Å²) in [4.78, 5) is 0. The van der Waals surface area contributed by atoms with E-state index >= 15 is 0 Å². The Morgan fingerprint density at radius 1 is 0.571 bits per heavy atom. The monoisotopic (exact) mass is 408 g/mol. The number of unbranched alkanes of at least 4 members (excludes halogenated alkanes) is 6. The van der Waals surface area contributed by atoms with Gasteiger partial charge in [0.25, 0.3) is 0 Å². The molecule has 0 saturated heterocycles. The van der Waals surface area contributed by atoms with Crippen molar-refractivity contribution < 1.29 is 0 Å². The van der Waals surface area contributed by atoms with Gasteiger partial charge in [0.05, 0.1) is 9.40 Å². The third-order valence-corrected chi connectivity index (χ3v) is 8.38. The van der Waals surface area contributed by atoms with Crippen LogP contribution in [0.2, 0.25) is 0 Å². The van der Waals surface area contributed by atoms with Gasteiger partial charge in [-0.1, -0.05) is 76.6 Å². The molecule has 148 valence electrons. The van der Waals surface area contributed by atoms with Gasteiger partial charge in [-0.05, 0) is 48.9 Å². The van der Waals surface area contributed by atoms with Crippen molar-refractivity contribution in [1.82, 2.24) is 0 Å². The second-order valence-corrected chi connectivity index (χ2v) is 10.2. The summed E-state index contributed by atoms with van der Waals surface area (Å²) in [5, 5.41) is 3.11. The lowest BCUT2D eigenvalue weighted by atomic mass is 10.0. The summed E-state index contributed by atoms with van der Waals surface area (Å²) in [7, 11) is 0. The Morgan fingerprint density at radius 3 is 1.46 bits per heavy atom. The first-order valence-corrected chi connectivity index (χ1v) is 12.8. The molecule has 0 bridgehead atoms. The minimum atomic E-state index is 1.22. The first-order chi connectivity index (χ1) is 13.8. The van der Waals surface area contributed by atoms with E-state index < -0.39 is 0 Å². The van der Waals surface area contributed by atoms with Crippen molar-refractivity contribution >= 4 is 52.2 Å². The molecule has 0 aliphatic carbocycles. The van der Waals surface area contributed by atoms with Gasteiger partial charge in [0, 0.05) is 20.2 Å². The highest BCUT2D eigenvalue weighted by atomic mass is 32.1. The van der Waals surface area contributed by atoms with E-state index in [4.69, 9.17) is 0 Å². The van der Waals surface area contributed by atoms with E-state index in [9.17, 15) is 0 Å². The van der Waals surface area contributed by atoms with E-state index in [1.165, 1.54) is 73.6 Å². The lowest BCUT2D eigenvalue weighted by Gasteiger charge is -2.04. The van der Waals surface area contributed by atoms with Crippen LogP contribution in [0.3, 0.4) is 0 Å². The lowest BCUT2D eigenvalue weighted by Crippen LogP contribution is -1.86. The summed E-state index contributed by atoms with van der Waals surface area (Å²) in [5.41, 5.74) is 3.13. The molecule has 0 amide bonds. The Labute approximate surface area is 177 Å². The third kappa shape index (κ3) is 4.00. The molecule has 0 nitrogen and oxygen atoms in total. The molecule has 2 aromatic carbocycles. The molecule has 28 heavy (non-hydrogen) atoms. The second-order valence-electron chi connectivity index (χ2n) is 8.06. The molecule has 4 rings (SSSR count). The summed E-state index contributed by atoms with van der Waals surface area (Å²) in [6.07, 6.45) is 13.1. The van der Waals surface area contributed by atoms with Crippen LogP contribution in [-0.2, 0) is 12.8 Å². The molecular weight excluding hydrogens is 376 g/mol. The second kappa shape index (κ2) is 9.41. The molecule has 2 aromatic heterocycles. The highest BCUT2D eigenvalue weighted by Gasteiger charge is 2.16. The Hall–Kier alpha value is -1.38. The average Bonchev–Trinajstić information content (AvgIpc) is 3.25. The van der Waals surface area contributed by atoms with Gasteiger partial charge >= 0.3 is 0 Å². The van der Waals surface area contributed by atoms with E-state index in [2.05, 4.69) is 50.2 Å². The molecule has 0 aliphatic heterocycles. The third-order valence-electron chi connectivity index (χ3n) is 5.91. The summed E-state index contributed by atoms with van der Waals surface area (Å²) < 4.78 is 6.05. The van der Waals surface area contributed by atoms with Crippen molar-refractivity contribution in [2.24, 2.45) is 0 Å². The van der Waals surface area contributed by atoms with Crippen LogP contribution >= 0.6 is 22.7 Å². The average molecular weight is 409 g/mol. The molecule has 0 spiro atoms. The number of hydrogen-bond donors (Lipinski definition) is 0. The van der Waals surface area contributed by atoms with Crippen LogP contribution in [-0.4, -0.2) is 0 Å². The quantitative estimate of drug-likeness (QED) is 0.229. The maximum atomic E-state index is 2.37. The molecule has 0 saturated carbocycles. The maximum Gasteiger partial charge on any atom is 0.0544 e. The summed E-state index contributed by atoms with van der Waals surface area (Å²) >= 11 is 4.05. The standard InChI is InChI=1S/C26H32S2/c1-3-5-7-9-13-19-15-11-17-21-23(19)25-26(27-21)24-20(14-10-8-6-4-2)16-12-18-22(24)28-25/h11-12,15-18H,3-10,13-14H2,1-2H3. The Bertz CT molecular complexity index is 965. The van der Waals surface area contributed by atoms with Crippen molar-refractivity contribution in [3.8, 4) is 0 Å². The molecular formula is C26H32S2. The van der Waals surface area contributed by atoms with E-state index in [1.807, 2.05) is 22.7 Å². The first kappa shape index (κ1) is 19.9. The van der Waals surface area contributed by atoms with E-state index in [0.29, 0.717) is 0 Å². The van der Waals surface area contributed by atoms with Crippen molar-refractivity contribution in [2.45, 2.75) is 78.1 Å². The highest BCUT2D eigenvalue weighted by molar-refractivity contribution is 7.36. The predicted octanol–water partition coefficient (Wildman–Crippen LogP) is 9.51. The first-order valence-electron chi connectivity index (χ1n) is 11.2. The topological polar surface area (TPSA) is 0 Å². The van der Waals surface area contributed by atoms with Crippen molar-refractivity contribution in [2.75, 3.05) is 0 Å². The molecule has 0 unspecified atom stereocenters. The summed E-state index contributed by atoms with van der Waals surface area (Å²) in [6.45, 7) is 4.58. The number of fused-ring (bicyclic) bond motifs is 5. The van der Waals surface area contributed by atoms with Gasteiger partial charge in [0.1, 0.15) is 0 Å². The summed E-state index contributed by atoms with van der Waals surface area (Å²) in [5.74, 6) is 0. The van der Waals surface area contributed by atoms with Crippen molar-refractivity contribution in [1.29, 1.82) is 0 Å². The molecule has 0 atom stereocenters. The van der Waals surface area contributed by atoms with Crippen LogP contribution in [0.4, 0.5) is 0 Å². The number of aryl methyl sites for hydroxylation is 2. The Kier molecular flexibility index (Phi) is 6.69. The van der Waals surface area contributed by atoms with Gasteiger partial charge in [0.15, 0.2) is 0 Å². The van der Waals surface area contributed by atoms with Gasteiger partial charge in [-0.2, -0.15) is 0 Å². The zero-order valence-electron chi connectivity index (χ0n) is 17.4. The molecule has 0 N–H and O–H groups in total. The zero-order chi connectivity index (χ0) is 19.3. The number of thiophene rings is 2. The van der Waals surface area contributed by atoms with Crippen LogP contribution < -0.4 is 0 Å². The largest absolute Gasteiger partial charge is 0.134 e. The number of rotatable bonds is 10. The SMILES string of the molecule is CCCCCCc1cccc2sc3c(sc4cccc(CCCCCC)c43)c12.